The van der Waals surface area contributed by atoms with Crippen LogP contribution in [0.3, 0.4) is 0 Å². The highest BCUT2D eigenvalue weighted by Crippen LogP contribution is 2.35. The van der Waals surface area contributed by atoms with Gasteiger partial charge in [0.05, 0.1) is 35.7 Å². The van der Waals surface area contributed by atoms with Gasteiger partial charge in [-0.05, 0) is 36.1 Å². The average Bonchev–Trinajstić information content (AvgIpc) is 3.22. The fourth-order valence-electron chi connectivity index (χ4n) is 3.74. The Bertz CT molecular complexity index is 1160. The maximum Gasteiger partial charge on any atom is 0.339 e. The van der Waals surface area contributed by atoms with Gasteiger partial charge in [0, 0.05) is 4.90 Å². The molecule has 10 heteroatoms. The first-order valence-electron chi connectivity index (χ1n) is 10.0. The molecule has 33 heavy (non-hydrogen) atoms. The van der Waals surface area contributed by atoms with Crippen molar-refractivity contribution in [1.82, 2.24) is 10.2 Å². The predicted octanol–water partition coefficient (Wildman–Crippen LogP) is 2.71. The molecule has 0 saturated heterocycles. The van der Waals surface area contributed by atoms with Crippen LogP contribution in [0.5, 0.6) is 0 Å². The molecule has 0 aromatic heterocycles. The second kappa shape index (κ2) is 9.37. The van der Waals surface area contributed by atoms with Gasteiger partial charge in [-0.15, -0.1) is 11.8 Å². The Hall–Kier alpha value is -3.79. The second-order valence-electron chi connectivity index (χ2n) is 7.26. The molecule has 2 aliphatic rings. The van der Waals surface area contributed by atoms with Gasteiger partial charge in [0.2, 0.25) is 5.91 Å². The van der Waals surface area contributed by atoms with Crippen molar-refractivity contribution in [2.45, 2.75) is 10.9 Å². The van der Waals surface area contributed by atoms with E-state index in [4.69, 9.17) is 9.47 Å². The first-order valence-corrected chi connectivity index (χ1v) is 11.2. The van der Waals surface area contributed by atoms with E-state index in [1.165, 1.54) is 18.1 Å². The van der Waals surface area contributed by atoms with Crippen LogP contribution in [-0.2, 0) is 19.1 Å². The minimum absolute atomic E-state index is 0.104. The Morgan fingerprint density at radius 2 is 1.91 bits per heavy atom. The lowest BCUT2D eigenvalue weighted by Crippen LogP contribution is -2.49. The maximum atomic E-state index is 12.9. The minimum Gasteiger partial charge on any atom is -0.465 e. The van der Waals surface area contributed by atoms with Crippen LogP contribution in [0.15, 0.2) is 64.7 Å². The van der Waals surface area contributed by atoms with Gasteiger partial charge in [-0.3, -0.25) is 9.69 Å². The minimum atomic E-state index is -0.669. The summed E-state index contributed by atoms with van der Waals surface area (Å²) < 4.78 is 9.93. The van der Waals surface area contributed by atoms with Crippen LogP contribution in [0.1, 0.15) is 22.0 Å². The number of thioether (sulfide) groups is 1. The number of esters is 2. The molecule has 2 aliphatic heterocycles. The molecular formula is C23H21N3O6S. The van der Waals surface area contributed by atoms with Crippen LogP contribution in [0.2, 0.25) is 0 Å². The van der Waals surface area contributed by atoms with Gasteiger partial charge in [0.15, 0.2) is 0 Å². The van der Waals surface area contributed by atoms with Crippen LogP contribution < -0.4 is 10.6 Å². The molecular weight excluding hydrogens is 446 g/mol. The topological polar surface area (TPSA) is 114 Å². The number of anilines is 1. The smallest absolute Gasteiger partial charge is 0.339 e. The molecule has 0 spiro atoms. The lowest BCUT2D eigenvalue weighted by molar-refractivity contribution is -0.136. The van der Waals surface area contributed by atoms with Gasteiger partial charge in [0.25, 0.3) is 0 Å². The summed E-state index contributed by atoms with van der Waals surface area (Å²) in [4.78, 5) is 52.3. The summed E-state index contributed by atoms with van der Waals surface area (Å²) in [6.07, 6.45) is 1.96. The summed E-state index contributed by atoms with van der Waals surface area (Å²) in [5, 5.41) is 5.43. The average molecular weight is 468 g/mol. The van der Waals surface area contributed by atoms with E-state index >= 15 is 0 Å². The number of cyclic esters (lactones) is 1. The van der Waals surface area contributed by atoms with Crippen LogP contribution in [0, 0.1) is 0 Å². The number of hydrogen-bond donors (Lipinski definition) is 2. The molecule has 0 saturated carbocycles. The summed E-state index contributed by atoms with van der Waals surface area (Å²) in [6, 6.07) is 12.7. The first kappa shape index (κ1) is 22.4. The zero-order valence-corrected chi connectivity index (χ0v) is 18.7. The molecule has 4 rings (SSSR count). The fourth-order valence-corrected chi connectivity index (χ4v) is 4.15. The number of para-hydroxylation sites is 1. The number of rotatable bonds is 6. The Labute approximate surface area is 194 Å². The van der Waals surface area contributed by atoms with Gasteiger partial charge in [-0.2, -0.15) is 0 Å². The molecule has 170 valence electrons. The van der Waals surface area contributed by atoms with Crippen molar-refractivity contribution in [1.29, 1.82) is 0 Å². The van der Waals surface area contributed by atoms with Crippen LogP contribution in [0.4, 0.5) is 10.5 Å². The molecule has 0 unspecified atom stereocenters. The van der Waals surface area contributed by atoms with Gasteiger partial charge in [-0.1, -0.05) is 24.3 Å². The number of carbonyl (C=O) groups is 4. The molecule has 0 fully saturated rings. The van der Waals surface area contributed by atoms with Gasteiger partial charge in [-0.25, -0.2) is 14.4 Å². The highest BCUT2D eigenvalue weighted by atomic mass is 32.2. The normalized spacial score (nSPS) is 17.3. The molecule has 1 atom stereocenters. The third-order valence-corrected chi connectivity index (χ3v) is 6.10. The molecule has 2 aromatic rings. The second-order valence-corrected chi connectivity index (χ2v) is 8.14. The van der Waals surface area contributed by atoms with E-state index in [2.05, 4.69) is 10.6 Å². The van der Waals surface area contributed by atoms with E-state index < -0.39 is 29.9 Å². The Balaban J connectivity index is 1.58. The lowest BCUT2D eigenvalue weighted by Gasteiger charge is -2.32. The van der Waals surface area contributed by atoms with Crippen molar-refractivity contribution in [3.8, 4) is 0 Å². The SMILES string of the molecule is COC(=O)c1ccccc1NC(=O)CN1C(=O)N[C@@H](c2ccc(SC)cc2)C2=C1COC2=O. The molecule has 9 nitrogen and oxygen atoms in total. The largest absolute Gasteiger partial charge is 0.465 e. The summed E-state index contributed by atoms with van der Waals surface area (Å²) in [6.45, 7) is -0.470. The zero-order chi connectivity index (χ0) is 23.5. The number of nitrogens with one attached hydrogen (secondary N) is 2. The Morgan fingerprint density at radius 1 is 1.18 bits per heavy atom. The number of nitrogens with zero attached hydrogens (tertiary/aromatic N) is 1. The zero-order valence-electron chi connectivity index (χ0n) is 17.9. The maximum absolute atomic E-state index is 12.9. The molecule has 0 aliphatic carbocycles. The van der Waals surface area contributed by atoms with Gasteiger partial charge in [0.1, 0.15) is 13.2 Å². The van der Waals surface area contributed by atoms with Crippen molar-refractivity contribution < 1.29 is 28.7 Å². The van der Waals surface area contributed by atoms with E-state index in [9.17, 15) is 19.2 Å². The Kier molecular flexibility index (Phi) is 6.36. The first-order chi connectivity index (χ1) is 15.9. The standard InChI is InChI=1S/C23H21N3O6S/c1-31-21(28)15-5-3-4-6-16(15)24-18(27)11-26-17-12-32-22(29)19(17)20(25-23(26)30)13-7-9-14(33-2)10-8-13/h3-10,20H,11-12H2,1-2H3,(H,24,27)(H,25,30)/t20-/m0/s1. The highest BCUT2D eigenvalue weighted by Gasteiger charge is 2.42. The third kappa shape index (κ3) is 4.42. The molecule has 0 bridgehead atoms. The van der Waals surface area contributed by atoms with Gasteiger partial charge >= 0.3 is 18.0 Å². The molecule has 2 heterocycles. The quantitative estimate of drug-likeness (QED) is 0.496. The van der Waals surface area contributed by atoms with E-state index in [-0.39, 0.29) is 24.4 Å². The number of benzene rings is 2. The van der Waals surface area contributed by atoms with E-state index in [1.54, 1.807) is 30.0 Å². The number of ether oxygens (including phenoxy) is 2. The van der Waals surface area contributed by atoms with E-state index in [0.717, 1.165) is 10.5 Å². The third-order valence-electron chi connectivity index (χ3n) is 5.36. The van der Waals surface area contributed by atoms with Crippen molar-refractivity contribution in [2.24, 2.45) is 0 Å². The lowest BCUT2D eigenvalue weighted by atomic mass is 9.96. The number of urea groups is 1. The molecule has 3 amide bonds. The van der Waals surface area contributed by atoms with Crippen molar-refractivity contribution >= 4 is 41.3 Å². The molecule has 2 aromatic carbocycles. The van der Waals surface area contributed by atoms with Crippen molar-refractivity contribution in [3.63, 3.8) is 0 Å². The highest BCUT2D eigenvalue weighted by molar-refractivity contribution is 7.98. The number of amides is 3. The van der Waals surface area contributed by atoms with Crippen molar-refractivity contribution in [3.05, 3.63) is 70.9 Å². The fraction of sp³-hybridized carbons (Fsp3) is 0.217. The summed E-state index contributed by atoms with van der Waals surface area (Å²) in [5.74, 6) is -1.68. The number of hydrogen-bond acceptors (Lipinski definition) is 7. The van der Waals surface area contributed by atoms with E-state index in [1.807, 2.05) is 30.5 Å². The summed E-state index contributed by atoms with van der Waals surface area (Å²) >= 11 is 1.58. The van der Waals surface area contributed by atoms with Crippen LogP contribution >= 0.6 is 11.8 Å². The van der Waals surface area contributed by atoms with Gasteiger partial charge < -0.3 is 20.1 Å². The molecule has 0 radical (unpaired) electrons. The van der Waals surface area contributed by atoms with Crippen LogP contribution in [0.25, 0.3) is 0 Å². The summed E-state index contributed by atoms with van der Waals surface area (Å²) in [5.41, 5.74) is 1.83. The number of methoxy groups -OCH3 is 1. The Morgan fingerprint density at radius 3 is 2.61 bits per heavy atom. The van der Waals surface area contributed by atoms with E-state index in [0.29, 0.717) is 11.3 Å². The predicted molar refractivity (Wildman–Crippen MR) is 121 cm³/mol. The summed E-state index contributed by atoms with van der Waals surface area (Å²) in [7, 11) is 1.25. The number of carbonyl (C=O) groups excluding carboxylic acids is 4. The molecule has 2 N–H and O–H groups in total. The monoisotopic (exact) mass is 467 g/mol. The van der Waals surface area contributed by atoms with Crippen LogP contribution in [-0.4, -0.2) is 55.3 Å². The van der Waals surface area contributed by atoms with Crippen molar-refractivity contribution in [2.75, 3.05) is 31.8 Å².